The predicted octanol–water partition coefficient (Wildman–Crippen LogP) is 5.94. The zero-order valence-corrected chi connectivity index (χ0v) is 19.0. The second-order valence-corrected chi connectivity index (χ2v) is 9.67. The molecule has 2 N–H and O–H groups in total. The number of hydrogen-bond donors (Lipinski definition) is 2. The lowest BCUT2D eigenvalue weighted by Gasteiger charge is -2.57. The number of ether oxygens (including phenoxy) is 1. The highest BCUT2D eigenvalue weighted by Gasteiger charge is 2.60. The molecule has 0 saturated heterocycles. The molecule has 0 heterocycles. The Morgan fingerprint density at radius 1 is 1.07 bits per heavy atom. The molecule has 2 rings (SSSR count). The molecule has 0 saturated carbocycles. The quantitative estimate of drug-likeness (QED) is 0.477. The molecule has 0 aliphatic heterocycles. The van der Waals surface area contributed by atoms with Crippen molar-refractivity contribution in [1.82, 2.24) is 0 Å². The number of carbonyl (C=O) groups excluding carboxylic acids is 1. The van der Waals surface area contributed by atoms with Gasteiger partial charge in [-0.1, -0.05) is 53.7 Å². The van der Waals surface area contributed by atoms with Crippen molar-refractivity contribution < 1.29 is 14.6 Å². The smallest absolute Gasteiger partial charge is 0.185 e. The average molecular weight is 398 g/mol. The van der Waals surface area contributed by atoms with Crippen LogP contribution in [0.5, 0.6) is 0 Å². The summed E-state index contributed by atoms with van der Waals surface area (Å²) in [5.74, 6) is 0.245. The van der Waals surface area contributed by atoms with E-state index in [4.69, 9.17) is 4.74 Å². The van der Waals surface area contributed by atoms with E-state index >= 15 is 0 Å². The number of benzene rings is 1. The normalized spacial score (nSPS) is 19.7. The molecule has 0 bridgehead atoms. The molecule has 4 heteroatoms. The van der Waals surface area contributed by atoms with Crippen molar-refractivity contribution in [1.29, 1.82) is 0 Å². The minimum atomic E-state index is -0.652. The van der Waals surface area contributed by atoms with Gasteiger partial charge in [0.15, 0.2) is 5.78 Å². The number of carbonyl (C=O) groups is 1. The Hall–Kier alpha value is -2.33. The maximum absolute atomic E-state index is 12.7. The summed E-state index contributed by atoms with van der Waals surface area (Å²) in [6.07, 6.45) is 6.60. The highest BCUT2D eigenvalue weighted by atomic mass is 16.5. The summed E-state index contributed by atoms with van der Waals surface area (Å²) in [7, 11) is 3.51. The van der Waals surface area contributed by atoms with Gasteiger partial charge in [0.1, 0.15) is 5.76 Å². The second kappa shape index (κ2) is 8.19. The molecule has 1 atom stereocenters. The van der Waals surface area contributed by atoms with Gasteiger partial charge in [-0.15, -0.1) is 0 Å². The molecule has 0 aromatic heterocycles. The number of aliphatic hydroxyl groups is 1. The van der Waals surface area contributed by atoms with Crippen LogP contribution >= 0.6 is 0 Å². The van der Waals surface area contributed by atoms with Crippen LogP contribution in [0.4, 0.5) is 5.69 Å². The monoisotopic (exact) mass is 397 g/mol. The van der Waals surface area contributed by atoms with Crippen LogP contribution in [-0.2, 0) is 4.74 Å². The molecule has 0 radical (unpaired) electrons. The number of nitrogens with one attached hydrogen (secondary N) is 1. The topological polar surface area (TPSA) is 58.6 Å². The van der Waals surface area contributed by atoms with E-state index in [0.717, 1.165) is 11.3 Å². The predicted molar refractivity (Wildman–Crippen MR) is 120 cm³/mol. The molecule has 1 aliphatic carbocycles. The number of ketones is 1. The van der Waals surface area contributed by atoms with Crippen molar-refractivity contribution in [2.24, 2.45) is 16.2 Å². The van der Waals surface area contributed by atoms with Crippen molar-refractivity contribution in [3.05, 3.63) is 65.5 Å². The van der Waals surface area contributed by atoms with Crippen LogP contribution in [-0.4, -0.2) is 31.2 Å². The van der Waals surface area contributed by atoms with Crippen LogP contribution in [0.25, 0.3) is 0 Å². The molecule has 1 aromatic rings. The summed E-state index contributed by atoms with van der Waals surface area (Å²) in [6, 6.07) is 7.37. The van der Waals surface area contributed by atoms with E-state index in [1.807, 2.05) is 43.5 Å². The van der Waals surface area contributed by atoms with Gasteiger partial charge in [-0.25, -0.2) is 0 Å². The fourth-order valence-electron chi connectivity index (χ4n) is 4.98. The fourth-order valence-corrected chi connectivity index (χ4v) is 4.98. The van der Waals surface area contributed by atoms with Crippen LogP contribution in [0, 0.1) is 16.2 Å². The highest BCUT2D eigenvalue weighted by molar-refractivity contribution is 6.04. The van der Waals surface area contributed by atoms with Gasteiger partial charge < -0.3 is 15.2 Å². The van der Waals surface area contributed by atoms with Gasteiger partial charge in [0.25, 0.3) is 0 Å². The molecule has 1 aromatic carbocycles. The van der Waals surface area contributed by atoms with Gasteiger partial charge in [0.2, 0.25) is 0 Å². The maximum Gasteiger partial charge on any atom is 0.185 e. The molecular weight excluding hydrogens is 362 g/mol. The Kier molecular flexibility index (Phi) is 6.48. The maximum atomic E-state index is 12.7. The fraction of sp³-hybridized carbons (Fsp3) is 0.480. The van der Waals surface area contributed by atoms with Gasteiger partial charge in [0.05, 0.1) is 11.5 Å². The molecule has 1 unspecified atom stereocenters. The number of anilines is 1. The minimum Gasteiger partial charge on any atom is -0.512 e. The van der Waals surface area contributed by atoms with Gasteiger partial charge in [-0.05, 0) is 52.8 Å². The Bertz CT molecular complexity index is 816. The molecule has 0 fully saturated rings. The standard InChI is InChI=1S/C25H35NO3/c1-23(2,3)25(24(4,5)6)21(28)16-12-18(22(25)29-8)11-15-20(27)17-9-13-19(26-7)14-10-17/h9-16,22,26,28H,1-8H3/b15-11+. The molecule has 1 aliphatic rings. The van der Waals surface area contributed by atoms with Crippen LogP contribution in [0.3, 0.4) is 0 Å². The Balaban J connectivity index is 2.45. The zero-order valence-electron chi connectivity index (χ0n) is 19.0. The van der Waals surface area contributed by atoms with E-state index in [2.05, 4.69) is 46.9 Å². The summed E-state index contributed by atoms with van der Waals surface area (Å²) >= 11 is 0. The van der Waals surface area contributed by atoms with Crippen molar-refractivity contribution >= 4 is 11.5 Å². The van der Waals surface area contributed by atoms with Crippen molar-refractivity contribution in [2.75, 3.05) is 19.5 Å². The molecule has 4 nitrogen and oxygen atoms in total. The summed E-state index contributed by atoms with van der Waals surface area (Å²) in [5.41, 5.74) is 1.23. The number of allylic oxidation sites excluding steroid dienone is 3. The van der Waals surface area contributed by atoms with E-state index in [1.165, 1.54) is 0 Å². The number of rotatable bonds is 5. The van der Waals surface area contributed by atoms with Gasteiger partial charge in [-0.2, -0.15) is 0 Å². The van der Waals surface area contributed by atoms with E-state index in [-0.39, 0.29) is 22.7 Å². The third kappa shape index (κ3) is 4.04. The third-order valence-electron chi connectivity index (χ3n) is 6.02. The Labute approximate surface area is 175 Å². The van der Waals surface area contributed by atoms with Crippen LogP contribution < -0.4 is 5.32 Å². The van der Waals surface area contributed by atoms with E-state index in [9.17, 15) is 9.90 Å². The number of methoxy groups -OCH3 is 1. The van der Waals surface area contributed by atoms with Crippen molar-refractivity contribution in [3.63, 3.8) is 0 Å². The van der Waals surface area contributed by atoms with Gasteiger partial charge in [-0.3, -0.25) is 4.79 Å². The SMILES string of the molecule is CNc1ccc(C(=O)/C=C/C2=CC=C(O)C(C(C)(C)C)(C(C)(C)C)C2OC)cc1. The lowest BCUT2D eigenvalue weighted by atomic mass is 9.48. The van der Waals surface area contributed by atoms with E-state index in [0.29, 0.717) is 11.3 Å². The van der Waals surface area contributed by atoms with Crippen molar-refractivity contribution in [2.45, 2.75) is 47.6 Å². The largest absolute Gasteiger partial charge is 0.512 e. The van der Waals surface area contributed by atoms with Crippen LogP contribution in [0.15, 0.2) is 59.9 Å². The average Bonchev–Trinajstić information content (AvgIpc) is 2.64. The zero-order chi connectivity index (χ0) is 22.0. The Morgan fingerprint density at radius 3 is 2.07 bits per heavy atom. The Morgan fingerprint density at radius 2 is 1.62 bits per heavy atom. The molecular formula is C25H35NO3. The summed E-state index contributed by atoms with van der Waals surface area (Å²) in [6.45, 7) is 12.7. The van der Waals surface area contributed by atoms with E-state index in [1.54, 1.807) is 19.3 Å². The lowest BCUT2D eigenvalue weighted by Crippen LogP contribution is -2.57. The lowest BCUT2D eigenvalue weighted by molar-refractivity contribution is -0.122. The van der Waals surface area contributed by atoms with Crippen LogP contribution in [0.1, 0.15) is 51.9 Å². The summed E-state index contributed by atoms with van der Waals surface area (Å²) < 4.78 is 5.97. The number of hydrogen-bond acceptors (Lipinski definition) is 4. The third-order valence-corrected chi connectivity index (χ3v) is 6.02. The van der Waals surface area contributed by atoms with Crippen LogP contribution in [0.2, 0.25) is 0 Å². The first-order chi connectivity index (χ1) is 13.4. The second-order valence-electron chi connectivity index (χ2n) is 9.67. The first-order valence-electron chi connectivity index (χ1n) is 10.0. The van der Waals surface area contributed by atoms with Gasteiger partial charge >= 0.3 is 0 Å². The summed E-state index contributed by atoms with van der Waals surface area (Å²) in [5, 5.41) is 14.1. The van der Waals surface area contributed by atoms with Crippen molar-refractivity contribution in [3.8, 4) is 0 Å². The number of aliphatic hydroxyl groups excluding tert-OH is 1. The summed E-state index contributed by atoms with van der Waals surface area (Å²) in [4.78, 5) is 12.7. The molecule has 29 heavy (non-hydrogen) atoms. The molecule has 0 spiro atoms. The van der Waals surface area contributed by atoms with E-state index < -0.39 is 5.41 Å². The molecule has 158 valence electrons. The van der Waals surface area contributed by atoms with Gasteiger partial charge in [0, 0.05) is 25.4 Å². The molecule has 0 amide bonds. The highest BCUT2D eigenvalue weighted by Crippen LogP contribution is 2.61. The minimum absolute atomic E-state index is 0.0701. The first kappa shape index (κ1) is 23.0. The first-order valence-corrected chi connectivity index (χ1v) is 10.0.